The van der Waals surface area contributed by atoms with Crippen LogP contribution in [0.5, 0.6) is 0 Å². The van der Waals surface area contributed by atoms with Crippen LogP contribution in [0.2, 0.25) is 0 Å². The van der Waals surface area contributed by atoms with Gasteiger partial charge in [-0.1, -0.05) is 24.3 Å². The average Bonchev–Trinajstić information content (AvgIpc) is 2.42. The van der Waals surface area contributed by atoms with Gasteiger partial charge in [-0.05, 0) is 25.2 Å². The molecule has 0 spiro atoms. The molecule has 5 heteroatoms. The third kappa shape index (κ3) is 6.54. The van der Waals surface area contributed by atoms with Crippen molar-refractivity contribution >= 4 is 5.96 Å². The first kappa shape index (κ1) is 16.5. The number of methoxy groups -OCH3 is 1. The van der Waals surface area contributed by atoms with E-state index >= 15 is 0 Å². The molecule has 1 rings (SSSR count). The van der Waals surface area contributed by atoms with E-state index in [4.69, 9.17) is 4.74 Å². The highest BCUT2D eigenvalue weighted by Gasteiger charge is 2.00. The molecule has 0 aliphatic rings. The van der Waals surface area contributed by atoms with E-state index < -0.39 is 0 Å². The van der Waals surface area contributed by atoms with Gasteiger partial charge in [0.2, 0.25) is 0 Å². The minimum absolute atomic E-state index is 0.666. The van der Waals surface area contributed by atoms with E-state index in [2.05, 4.69) is 58.9 Å². The lowest BCUT2D eigenvalue weighted by Crippen LogP contribution is -2.38. The second kappa shape index (κ2) is 9.34. The molecule has 2 N–H and O–H groups in total. The Labute approximate surface area is 122 Å². The molecule has 20 heavy (non-hydrogen) atoms. The maximum atomic E-state index is 5.00. The predicted octanol–water partition coefficient (Wildman–Crippen LogP) is 1.06. The minimum atomic E-state index is 0.666. The fraction of sp³-hybridized carbons (Fsp3) is 0.533. The lowest BCUT2D eigenvalue weighted by molar-refractivity contribution is 0.203. The van der Waals surface area contributed by atoms with Crippen LogP contribution in [0.25, 0.3) is 0 Å². The highest BCUT2D eigenvalue weighted by atomic mass is 16.5. The number of aliphatic imine (C=N–C) groups is 1. The van der Waals surface area contributed by atoms with E-state index in [1.165, 1.54) is 11.1 Å². The zero-order valence-electron chi connectivity index (χ0n) is 12.9. The molecule has 1 aromatic carbocycles. The van der Waals surface area contributed by atoms with E-state index in [-0.39, 0.29) is 0 Å². The van der Waals surface area contributed by atoms with Crippen molar-refractivity contribution in [2.24, 2.45) is 4.99 Å². The summed E-state index contributed by atoms with van der Waals surface area (Å²) < 4.78 is 5.00. The third-order valence-corrected chi connectivity index (χ3v) is 2.77. The lowest BCUT2D eigenvalue weighted by Gasteiger charge is -2.13. The Kier molecular flexibility index (Phi) is 7.69. The predicted molar refractivity (Wildman–Crippen MR) is 83.9 cm³/mol. The monoisotopic (exact) mass is 278 g/mol. The van der Waals surface area contributed by atoms with Gasteiger partial charge in [-0.3, -0.25) is 4.99 Å². The molecule has 0 saturated heterocycles. The fourth-order valence-corrected chi connectivity index (χ4v) is 1.88. The van der Waals surface area contributed by atoms with Gasteiger partial charge >= 0.3 is 0 Å². The summed E-state index contributed by atoms with van der Waals surface area (Å²) in [6, 6.07) is 8.58. The van der Waals surface area contributed by atoms with Gasteiger partial charge < -0.3 is 20.3 Å². The smallest absolute Gasteiger partial charge is 0.191 e. The van der Waals surface area contributed by atoms with Crippen LogP contribution in [0.3, 0.4) is 0 Å². The number of ether oxygens (including phenoxy) is 1. The van der Waals surface area contributed by atoms with Crippen LogP contribution < -0.4 is 10.6 Å². The molecule has 0 saturated carbocycles. The van der Waals surface area contributed by atoms with E-state index in [1.54, 1.807) is 14.2 Å². The number of guanidine groups is 1. The van der Waals surface area contributed by atoms with E-state index in [0.29, 0.717) is 6.61 Å². The quantitative estimate of drug-likeness (QED) is 0.445. The Morgan fingerprint density at radius 3 is 2.65 bits per heavy atom. The standard InChI is InChI=1S/C15H26N4O/c1-16-15(17-8-9-20-4)18-11-13-6-5-7-14(10-13)12-19(2)3/h5-7,10H,8-9,11-12H2,1-4H3,(H2,16,17,18). The molecule has 0 unspecified atom stereocenters. The van der Waals surface area contributed by atoms with Gasteiger partial charge in [0.1, 0.15) is 0 Å². The van der Waals surface area contributed by atoms with Crippen molar-refractivity contribution in [1.29, 1.82) is 0 Å². The number of benzene rings is 1. The SMILES string of the molecule is CN=C(NCCOC)NCc1cccc(CN(C)C)c1. The molecule has 5 nitrogen and oxygen atoms in total. The highest BCUT2D eigenvalue weighted by Crippen LogP contribution is 2.06. The summed E-state index contributed by atoms with van der Waals surface area (Å²) in [5.74, 6) is 0.792. The number of hydrogen-bond acceptors (Lipinski definition) is 3. The van der Waals surface area contributed by atoms with Crippen molar-refractivity contribution < 1.29 is 4.74 Å². The molecule has 0 radical (unpaired) electrons. The van der Waals surface area contributed by atoms with Crippen molar-refractivity contribution in [3.8, 4) is 0 Å². The molecule has 0 aromatic heterocycles. The number of rotatable bonds is 7. The molecular weight excluding hydrogens is 252 g/mol. The van der Waals surface area contributed by atoms with Crippen molar-refractivity contribution in [2.75, 3.05) is 41.4 Å². The van der Waals surface area contributed by atoms with Crippen molar-refractivity contribution in [1.82, 2.24) is 15.5 Å². The zero-order valence-corrected chi connectivity index (χ0v) is 12.9. The Morgan fingerprint density at radius 2 is 2.00 bits per heavy atom. The molecule has 0 atom stereocenters. The van der Waals surface area contributed by atoms with Crippen LogP contribution in [0.4, 0.5) is 0 Å². The van der Waals surface area contributed by atoms with E-state index in [0.717, 1.165) is 25.6 Å². The minimum Gasteiger partial charge on any atom is -0.383 e. The van der Waals surface area contributed by atoms with Gasteiger partial charge in [0, 0.05) is 33.8 Å². The van der Waals surface area contributed by atoms with Gasteiger partial charge in [0.15, 0.2) is 5.96 Å². The first-order chi connectivity index (χ1) is 9.65. The van der Waals surface area contributed by atoms with Crippen molar-refractivity contribution in [2.45, 2.75) is 13.1 Å². The van der Waals surface area contributed by atoms with Crippen LogP contribution >= 0.6 is 0 Å². The first-order valence-corrected chi connectivity index (χ1v) is 6.81. The molecule has 112 valence electrons. The van der Waals surface area contributed by atoms with Crippen LogP contribution in [-0.2, 0) is 17.8 Å². The van der Waals surface area contributed by atoms with Gasteiger partial charge in [-0.2, -0.15) is 0 Å². The van der Waals surface area contributed by atoms with Crippen LogP contribution in [0, 0.1) is 0 Å². The van der Waals surface area contributed by atoms with Crippen molar-refractivity contribution in [3.63, 3.8) is 0 Å². The van der Waals surface area contributed by atoms with Gasteiger partial charge in [-0.15, -0.1) is 0 Å². The summed E-state index contributed by atoms with van der Waals surface area (Å²) in [5.41, 5.74) is 2.57. The fourth-order valence-electron chi connectivity index (χ4n) is 1.88. The molecule has 0 aliphatic heterocycles. The van der Waals surface area contributed by atoms with Crippen LogP contribution in [-0.4, -0.2) is 52.3 Å². The molecule has 0 amide bonds. The topological polar surface area (TPSA) is 48.9 Å². The summed E-state index contributed by atoms with van der Waals surface area (Å²) >= 11 is 0. The highest BCUT2D eigenvalue weighted by molar-refractivity contribution is 5.79. The van der Waals surface area contributed by atoms with Crippen LogP contribution in [0.15, 0.2) is 29.3 Å². The first-order valence-electron chi connectivity index (χ1n) is 6.81. The van der Waals surface area contributed by atoms with Gasteiger partial charge in [-0.25, -0.2) is 0 Å². The average molecular weight is 278 g/mol. The number of hydrogen-bond donors (Lipinski definition) is 2. The third-order valence-electron chi connectivity index (χ3n) is 2.77. The van der Waals surface area contributed by atoms with Gasteiger partial charge in [0.05, 0.1) is 6.61 Å². The largest absolute Gasteiger partial charge is 0.383 e. The maximum absolute atomic E-state index is 5.00. The summed E-state index contributed by atoms with van der Waals surface area (Å²) in [7, 11) is 7.61. The van der Waals surface area contributed by atoms with Crippen molar-refractivity contribution in [3.05, 3.63) is 35.4 Å². The molecule has 0 aliphatic carbocycles. The molecule has 0 fully saturated rings. The normalized spacial score (nSPS) is 11.8. The Bertz CT molecular complexity index is 418. The summed E-state index contributed by atoms with van der Waals surface area (Å²) in [6.45, 7) is 3.12. The summed E-state index contributed by atoms with van der Waals surface area (Å²) in [4.78, 5) is 6.34. The summed E-state index contributed by atoms with van der Waals surface area (Å²) in [6.07, 6.45) is 0. The van der Waals surface area contributed by atoms with E-state index in [1.807, 2.05) is 0 Å². The number of nitrogens with one attached hydrogen (secondary N) is 2. The second-order valence-corrected chi connectivity index (χ2v) is 4.90. The Balaban J connectivity index is 2.47. The van der Waals surface area contributed by atoms with E-state index in [9.17, 15) is 0 Å². The Hall–Kier alpha value is -1.59. The molecule has 0 bridgehead atoms. The second-order valence-electron chi connectivity index (χ2n) is 4.90. The molecule has 1 aromatic rings. The molecular formula is C15H26N4O. The lowest BCUT2D eigenvalue weighted by atomic mass is 10.1. The summed E-state index contributed by atoms with van der Waals surface area (Å²) in [5, 5.41) is 6.49. The maximum Gasteiger partial charge on any atom is 0.191 e. The van der Waals surface area contributed by atoms with Crippen LogP contribution in [0.1, 0.15) is 11.1 Å². The zero-order chi connectivity index (χ0) is 14.8. The van der Waals surface area contributed by atoms with Gasteiger partial charge in [0.25, 0.3) is 0 Å². The molecule has 0 heterocycles. The Morgan fingerprint density at radius 1 is 1.25 bits per heavy atom. The number of nitrogens with zero attached hydrogens (tertiary/aromatic N) is 2.